The molecule has 0 saturated heterocycles. The van der Waals surface area contributed by atoms with Crippen LogP contribution in [-0.2, 0) is 13.0 Å². The number of carbonyl (C=O) groups is 1. The van der Waals surface area contributed by atoms with Gasteiger partial charge >= 0.3 is 0 Å². The van der Waals surface area contributed by atoms with Crippen molar-refractivity contribution in [2.24, 2.45) is 0 Å². The highest BCUT2D eigenvalue weighted by Gasteiger charge is 2.21. The van der Waals surface area contributed by atoms with Crippen LogP contribution in [0.4, 0.5) is 4.39 Å². The van der Waals surface area contributed by atoms with Crippen molar-refractivity contribution in [2.75, 3.05) is 13.1 Å². The zero-order valence-electron chi connectivity index (χ0n) is 12.4. The van der Waals surface area contributed by atoms with E-state index in [0.717, 1.165) is 31.5 Å². The second-order valence-electron chi connectivity index (χ2n) is 4.56. The van der Waals surface area contributed by atoms with Crippen LogP contribution in [0.3, 0.4) is 0 Å². The van der Waals surface area contributed by atoms with E-state index in [9.17, 15) is 9.18 Å². The third-order valence-electron chi connectivity index (χ3n) is 3.27. The summed E-state index contributed by atoms with van der Waals surface area (Å²) in [5, 5.41) is 8.56. The summed E-state index contributed by atoms with van der Waals surface area (Å²) >= 11 is 0. The lowest BCUT2D eigenvalue weighted by Gasteiger charge is -2.28. The second-order valence-corrected chi connectivity index (χ2v) is 4.56. The molecule has 1 amide bonds. The first-order valence-corrected chi connectivity index (χ1v) is 7.13. The fourth-order valence-corrected chi connectivity index (χ4v) is 2.38. The molecule has 1 aliphatic heterocycles. The van der Waals surface area contributed by atoms with Gasteiger partial charge in [0.2, 0.25) is 0 Å². The first-order chi connectivity index (χ1) is 9.65. The number of nitrogens with zero attached hydrogens (tertiary/aromatic N) is 1. The number of benzene rings is 1. The Morgan fingerprint density at radius 2 is 2.15 bits per heavy atom. The van der Waals surface area contributed by atoms with E-state index in [-0.39, 0.29) is 11.4 Å². The molecule has 0 atom stereocenters. The van der Waals surface area contributed by atoms with Crippen molar-refractivity contribution in [3.8, 4) is 0 Å². The first-order valence-electron chi connectivity index (χ1n) is 7.13. The van der Waals surface area contributed by atoms with Crippen LogP contribution in [-0.4, -0.2) is 29.1 Å². The van der Waals surface area contributed by atoms with Crippen LogP contribution in [0.15, 0.2) is 12.1 Å². The maximum atomic E-state index is 14.0. The van der Waals surface area contributed by atoms with Gasteiger partial charge in [-0.1, -0.05) is 20.8 Å². The van der Waals surface area contributed by atoms with Crippen LogP contribution in [0.2, 0.25) is 0 Å². The van der Waals surface area contributed by atoms with Crippen LogP contribution in [0.25, 0.3) is 0 Å². The molecule has 0 aromatic heterocycles. The van der Waals surface area contributed by atoms with Gasteiger partial charge in [0.1, 0.15) is 5.82 Å². The second kappa shape index (κ2) is 7.97. The Morgan fingerprint density at radius 3 is 2.75 bits per heavy atom. The molecule has 20 heavy (non-hydrogen) atoms. The van der Waals surface area contributed by atoms with Gasteiger partial charge in [0.15, 0.2) is 0 Å². The van der Waals surface area contributed by atoms with E-state index in [1.54, 1.807) is 6.07 Å². The standard InChI is InChI=1S/C13H17FN2O2.C2H6/c1-2-4-16-5-3-9-6-10(13(17)15-18)7-12(14)11(9)8-16;1-2/h6-7,18H,2-5,8H2,1H3,(H,15,17);1-2H3. The smallest absolute Gasteiger partial charge is 0.274 e. The Bertz CT molecular complexity index is 463. The molecule has 0 radical (unpaired) electrons. The summed E-state index contributed by atoms with van der Waals surface area (Å²) in [6.07, 6.45) is 1.78. The van der Waals surface area contributed by atoms with Crippen molar-refractivity contribution >= 4 is 5.91 Å². The lowest BCUT2D eigenvalue weighted by atomic mass is 9.96. The number of rotatable bonds is 3. The molecule has 2 N–H and O–H groups in total. The highest BCUT2D eigenvalue weighted by atomic mass is 19.1. The number of halogens is 1. The van der Waals surface area contributed by atoms with Crippen LogP contribution in [0, 0.1) is 5.82 Å². The number of amides is 1. The molecule has 0 spiro atoms. The maximum Gasteiger partial charge on any atom is 0.274 e. The minimum Gasteiger partial charge on any atom is -0.299 e. The molecule has 5 heteroatoms. The van der Waals surface area contributed by atoms with Gasteiger partial charge in [-0.05, 0) is 37.1 Å². The molecule has 1 aliphatic rings. The Kier molecular flexibility index (Phi) is 6.61. The summed E-state index contributed by atoms with van der Waals surface area (Å²) in [4.78, 5) is 13.5. The molecule has 0 saturated carbocycles. The summed E-state index contributed by atoms with van der Waals surface area (Å²) in [5.41, 5.74) is 3.23. The number of hydrogen-bond donors (Lipinski definition) is 2. The van der Waals surface area contributed by atoms with E-state index in [0.29, 0.717) is 12.1 Å². The summed E-state index contributed by atoms with van der Waals surface area (Å²) in [5.74, 6) is -1.04. The molecule has 1 aromatic rings. The quantitative estimate of drug-likeness (QED) is 0.662. The van der Waals surface area contributed by atoms with E-state index in [2.05, 4.69) is 11.8 Å². The topological polar surface area (TPSA) is 52.6 Å². The molecular weight excluding hydrogens is 259 g/mol. The van der Waals surface area contributed by atoms with Crippen LogP contribution in [0.1, 0.15) is 48.7 Å². The Balaban J connectivity index is 0.000000956. The average Bonchev–Trinajstić information content (AvgIpc) is 2.49. The van der Waals surface area contributed by atoms with E-state index in [1.807, 2.05) is 13.8 Å². The van der Waals surface area contributed by atoms with Crippen LogP contribution >= 0.6 is 0 Å². The van der Waals surface area contributed by atoms with Crippen LogP contribution in [0.5, 0.6) is 0 Å². The molecular formula is C15H23FN2O2. The predicted molar refractivity (Wildman–Crippen MR) is 76.3 cm³/mol. The fourth-order valence-electron chi connectivity index (χ4n) is 2.38. The molecule has 0 bridgehead atoms. The minimum atomic E-state index is -0.673. The third kappa shape index (κ3) is 3.77. The van der Waals surface area contributed by atoms with E-state index >= 15 is 0 Å². The number of nitrogens with one attached hydrogen (secondary N) is 1. The van der Waals surface area contributed by atoms with Gasteiger partial charge in [0, 0.05) is 24.2 Å². The molecule has 1 heterocycles. The van der Waals surface area contributed by atoms with Gasteiger partial charge < -0.3 is 0 Å². The Labute approximate surface area is 119 Å². The summed E-state index contributed by atoms with van der Waals surface area (Å²) < 4.78 is 14.0. The van der Waals surface area contributed by atoms with E-state index < -0.39 is 5.91 Å². The minimum absolute atomic E-state index is 0.165. The third-order valence-corrected chi connectivity index (χ3v) is 3.27. The zero-order chi connectivity index (χ0) is 15.1. The van der Waals surface area contributed by atoms with Gasteiger partial charge in [0.05, 0.1) is 0 Å². The lowest BCUT2D eigenvalue weighted by Crippen LogP contribution is -2.32. The normalized spacial score (nSPS) is 14.1. The number of fused-ring (bicyclic) bond motifs is 1. The highest BCUT2D eigenvalue weighted by Crippen LogP contribution is 2.23. The average molecular weight is 282 g/mol. The monoisotopic (exact) mass is 282 g/mol. The predicted octanol–water partition coefficient (Wildman–Crippen LogP) is 2.74. The molecule has 1 aromatic carbocycles. The SMILES string of the molecule is CC.CCCN1CCc2cc(C(=O)NO)cc(F)c2C1. The molecule has 0 aliphatic carbocycles. The van der Waals surface area contributed by atoms with Gasteiger partial charge in [-0.2, -0.15) is 0 Å². The largest absolute Gasteiger partial charge is 0.299 e. The first kappa shape index (κ1) is 16.6. The van der Waals surface area contributed by atoms with Crippen molar-refractivity contribution in [1.29, 1.82) is 0 Å². The van der Waals surface area contributed by atoms with Crippen molar-refractivity contribution in [3.05, 3.63) is 34.6 Å². The molecule has 4 nitrogen and oxygen atoms in total. The number of hydrogen-bond acceptors (Lipinski definition) is 3. The number of hydroxylamine groups is 1. The van der Waals surface area contributed by atoms with Crippen molar-refractivity contribution in [3.63, 3.8) is 0 Å². The molecule has 112 valence electrons. The molecule has 2 rings (SSSR count). The van der Waals surface area contributed by atoms with Crippen molar-refractivity contribution in [1.82, 2.24) is 10.4 Å². The van der Waals surface area contributed by atoms with Gasteiger partial charge in [0.25, 0.3) is 5.91 Å². The highest BCUT2D eigenvalue weighted by molar-refractivity contribution is 5.93. The fraction of sp³-hybridized carbons (Fsp3) is 0.533. The Morgan fingerprint density at radius 1 is 1.45 bits per heavy atom. The van der Waals surface area contributed by atoms with E-state index in [1.165, 1.54) is 11.5 Å². The van der Waals surface area contributed by atoms with Gasteiger partial charge in [-0.15, -0.1) is 0 Å². The maximum absolute atomic E-state index is 14.0. The summed E-state index contributed by atoms with van der Waals surface area (Å²) in [7, 11) is 0. The van der Waals surface area contributed by atoms with E-state index in [4.69, 9.17) is 5.21 Å². The van der Waals surface area contributed by atoms with Gasteiger partial charge in [-0.3, -0.25) is 14.9 Å². The summed E-state index contributed by atoms with van der Waals surface area (Å²) in [6.45, 7) is 8.53. The van der Waals surface area contributed by atoms with Crippen molar-refractivity contribution in [2.45, 2.75) is 40.2 Å². The van der Waals surface area contributed by atoms with Crippen LogP contribution < -0.4 is 5.48 Å². The lowest BCUT2D eigenvalue weighted by molar-refractivity contribution is 0.0705. The summed E-state index contributed by atoms with van der Waals surface area (Å²) in [6, 6.07) is 2.84. The van der Waals surface area contributed by atoms with Crippen molar-refractivity contribution < 1.29 is 14.4 Å². The molecule has 0 unspecified atom stereocenters. The Hall–Kier alpha value is -1.46. The van der Waals surface area contributed by atoms with Gasteiger partial charge in [-0.25, -0.2) is 9.87 Å². The molecule has 0 fully saturated rings. The zero-order valence-corrected chi connectivity index (χ0v) is 12.4. The number of carbonyl (C=O) groups excluding carboxylic acids is 1.